The van der Waals surface area contributed by atoms with Gasteiger partial charge in [-0.15, -0.1) is 0 Å². The van der Waals surface area contributed by atoms with Gasteiger partial charge in [-0.1, -0.05) is 30.3 Å². The van der Waals surface area contributed by atoms with Gasteiger partial charge in [0, 0.05) is 30.7 Å². The van der Waals surface area contributed by atoms with E-state index in [1.54, 1.807) is 21.6 Å². The summed E-state index contributed by atoms with van der Waals surface area (Å²) in [5, 5.41) is 0. The van der Waals surface area contributed by atoms with Crippen LogP contribution in [0.25, 0.3) is 23.5 Å². The highest BCUT2D eigenvalue weighted by Gasteiger charge is 2.06. The van der Waals surface area contributed by atoms with Crippen molar-refractivity contribution in [3.05, 3.63) is 94.8 Å². The molecule has 4 aromatic rings. The van der Waals surface area contributed by atoms with Gasteiger partial charge in [-0.05, 0) is 29.8 Å². The van der Waals surface area contributed by atoms with Crippen LogP contribution in [0, 0.1) is 0 Å². The van der Waals surface area contributed by atoms with Crippen molar-refractivity contribution < 1.29 is 0 Å². The van der Waals surface area contributed by atoms with Crippen LogP contribution < -0.4 is 5.56 Å². The highest BCUT2D eigenvalue weighted by molar-refractivity contribution is 5.68. The summed E-state index contributed by atoms with van der Waals surface area (Å²) in [5.41, 5.74) is 2.97. The zero-order valence-corrected chi connectivity index (χ0v) is 12.8. The van der Waals surface area contributed by atoms with E-state index >= 15 is 0 Å². The van der Waals surface area contributed by atoms with Crippen molar-refractivity contribution in [2.24, 2.45) is 0 Å². The quantitative estimate of drug-likeness (QED) is 0.584. The van der Waals surface area contributed by atoms with Crippen molar-refractivity contribution in [2.45, 2.75) is 0 Å². The number of nitrogens with zero attached hydrogens (tertiary/aromatic N) is 4. The molecule has 5 nitrogen and oxygen atoms in total. The van der Waals surface area contributed by atoms with Gasteiger partial charge in [-0.3, -0.25) is 14.5 Å². The highest BCUT2D eigenvalue weighted by Crippen LogP contribution is 2.10. The molecule has 116 valence electrons. The Bertz CT molecular complexity index is 1060. The lowest BCUT2D eigenvalue weighted by Crippen LogP contribution is -2.19. The smallest absolute Gasteiger partial charge is 0.267 e. The zero-order chi connectivity index (χ0) is 16.4. The van der Waals surface area contributed by atoms with E-state index in [-0.39, 0.29) is 5.56 Å². The predicted octanol–water partition coefficient (Wildman–Crippen LogP) is 3.05. The first-order valence-corrected chi connectivity index (χ1v) is 7.56. The maximum atomic E-state index is 12.5. The molecule has 0 amide bonds. The molecule has 3 heterocycles. The molecule has 0 radical (unpaired) electrons. The summed E-state index contributed by atoms with van der Waals surface area (Å²) in [4.78, 5) is 21.1. The summed E-state index contributed by atoms with van der Waals surface area (Å²) in [5.74, 6) is 0. The standard InChI is InChI=1S/C19H14N4O/c24-19-13-16(9-8-15-5-4-11-20-14-15)21-18-10-12-22(23(18)19)17-6-2-1-3-7-17/h1-14H/b9-8+. The Kier molecular flexibility index (Phi) is 3.51. The molecule has 0 bridgehead atoms. The molecule has 0 aliphatic carbocycles. The van der Waals surface area contributed by atoms with E-state index in [9.17, 15) is 4.79 Å². The fourth-order valence-corrected chi connectivity index (χ4v) is 2.56. The molecule has 3 aromatic heterocycles. The third-order valence-electron chi connectivity index (χ3n) is 3.67. The summed E-state index contributed by atoms with van der Waals surface area (Å²) < 4.78 is 3.34. The summed E-state index contributed by atoms with van der Waals surface area (Å²) in [7, 11) is 0. The van der Waals surface area contributed by atoms with E-state index in [2.05, 4.69) is 9.97 Å². The average Bonchev–Trinajstić information content (AvgIpc) is 3.06. The lowest BCUT2D eigenvalue weighted by molar-refractivity contribution is 0.763. The molecule has 4 rings (SSSR count). The van der Waals surface area contributed by atoms with Crippen molar-refractivity contribution in [1.29, 1.82) is 0 Å². The Morgan fingerprint density at radius 2 is 1.83 bits per heavy atom. The van der Waals surface area contributed by atoms with Crippen LogP contribution in [-0.2, 0) is 0 Å². The third-order valence-corrected chi connectivity index (χ3v) is 3.67. The van der Waals surface area contributed by atoms with Crippen molar-refractivity contribution in [3.8, 4) is 5.69 Å². The second-order valence-corrected chi connectivity index (χ2v) is 5.30. The predicted molar refractivity (Wildman–Crippen MR) is 94.0 cm³/mol. The number of fused-ring (bicyclic) bond motifs is 1. The van der Waals surface area contributed by atoms with Gasteiger partial charge >= 0.3 is 0 Å². The molecule has 0 saturated carbocycles. The Labute approximate surface area is 138 Å². The second-order valence-electron chi connectivity index (χ2n) is 5.30. The van der Waals surface area contributed by atoms with Crippen LogP contribution in [0.1, 0.15) is 11.3 Å². The number of rotatable bonds is 3. The number of para-hydroxylation sites is 1. The van der Waals surface area contributed by atoms with Gasteiger partial charge in [-0.2, -0.15) is 4.52 Å². The number of hydrogen-bond donors (Lipinski definition) is 0. The van der Waals surface area contributed by atoms with Gasteiger partial charge in [0.25, 0.3) is 5.56 Å². The normalized spacial score (nSPS) is 11.3. The van der Waals surface area contributed by atoms with Gasteiger partial charge < -0.3 is 0 Å². The summed E-state index contributed by atoms with van der Waals surface area (Å²) in [6.45, 7) is 0. The Morgan fingerprint density at radius 1 is 0.958 bits per heavy atom. The molecule has 0 atom stereocenters. The first-order valence-electron chi connectivity index (χ1n) is 7.56. The first-order chi connectivity index (χ1) is 11.8. The minimum atomic E-state index is -0.125. The van der Waals surface area contributed by atoms with E-state index in [1.807, 2.05) is 66.9 Å². The molecule has 5 heteroatoms. The first kappa shape index (κ1) is 14.1. The van der Waals surface area contributed by atoms with Crippen molar-refractivity contribution >= 4 is 17.8 Å². The molecule has 24 heavy (non-hydrogen) atoms. The van der Waals surface area contributed by atoms with Crippen LogP contribution in [0.2, 0.25) is 0 Å². The van der Waals surface area contributed by atoms with Gasteiger partial charge in [-0.25, -0.2) is 4.98 Å². The fraction of sp³-hybridized carbons (Fsp3) is 0. The van der Waals surface area contributed by atoms with Crippen LogP contribution in [0.3, 0.4) is 0 Å². The maximum Gasteiger partial charge on any atom is 0.273 e. The average molecular weight is 314 g/mol. The SMILES string of the molecule is O=c1cc(/C=C/c2cccnc2)nc2ccn(-c3ccccc3)n12. The van der Waals surface area contributed by atoms with Crippen LogP contribution in [0.15, 0.2) is 78.0 Å². The van der Waals surface area contributed by atoms with Gasteiger partial charge in [0.2, 0.25) is 0 Å². The number of pyridine rings is 1. The molecule has 0 N–H and O–H groups in total. The minimum absolute atomic E-state index is 0.125. The van der Waals surface area contributed by atoms with Crippen molar-refractivity contribution in [1.82, 2.24) is 19.2 Å². The molecular formula is C19H14N4O. The van der Waals surface area contributed by atoms with Crippen LogP contribution in [0.4, 0.5) is 0 Å². The van der Waals surface area contributed by atoms with Crippen molar-refractivity contribution in [2.75, 3.05) is 0 Å². The number of benzene rings is 1. The highest BCUT2D eigenvalue weighted by atomic mass is 16.1. The molecule has 0 aliphatic rings. The van der Waals surface area contributed by atoms with E-state index in [4.69, 9.17) is 0 Å². The second kappa shape index (κ2) is 5.96. The van der Waals surface area contributed by atoms with E-state index in [0.717, 1.165) is 11.3 Å². The maximum absolute atomic E-state index is 12.5. The Hall–Kier alpha value is -3.47. The van der Waals surface area contributed by atoms with E-state index < -0.39 is 0 Å². The lowest BCUT2D eigenvalue weighted by atomic mass is 10.2. The van der Waals surface area contributed by atoms with Crippen LogP contribution in [-0.4, -0.2) is 19.2 Å². The summed E-state index contributed by atoms with van der Waals surface area (Å²) >= 11 is 0. The molecule has 0 aliphatic heterocycles. The molecule has 0 fully saturated rings. The van der Waals surface area contributed by atoms with Crippen LogP contribution in [0.5, 0.6) is 0 Å². The Balaban J connectivity index is 1.77. The number of hydrogen-bond acceptors (Lipinski definition) is 3. The van der Waals surface area contributed by atoms with E-state index in [0.29, 0.717) is 11.3 Å². The molecule has 0 spiro atoms. The minimum Gasteiger partial charge on any atom is -0.267 e. The molecular weight excluding hydrogens is 300 g/mol. The molecule has 0 saturated heterocycles. The summed E-state index contributed by atoms with van der Waals surface area (Å²) in [6.07, 6.45) is 9.03. The van der Waals surface area contributed by atoms with Crippen molar-refractivity contribution in [3.63, 3.8) is 0 Å². The number of aromatic nitrogens is 4. The van der Waals surface area contributed by atoms with Gasteiger partial charge in [0.05, 0.1) is 11.4 Å². The molecule has 0 unspecified atom stereocenters. The lowest BCUT2D eigenvalue weighted by Gasteiger charge is -2.06. The zero-order valence-electron chi connectivity index (χ0n) is 12.8. The Morgan fingerprint density at radius 3 is 2.62 bits per heavy atom. The topological polar surface area (TPSA) is 52.2 Å². The summed E-state index contributed by atoms with van der Waals surface area (Å²) in [6, 6.07) is 16.9. The largest absolute Gasteiger partial charge is 0.273 e. The van der Waals surface area contributed by atoms with Crippen LogP contribution >= 0.6 is 0 Å². The monoisotopic (exact) mass is 314 g/mol. The third kappa shape index (κ3) is 2.63. The molecule has 1 aromatic carbocycles. The fourth-order valence-electron chi connectivity index (χ4n) is 2.56. The van der Waals surface area contributed by atoms with Gasteiger partial charge in [0.1, 0.15) is 0 Å². The van der Waals surface area contributed by atoms with E-state index in [1.165, 1.54) is 6.07 Å². The van der Waals surface area contributed by atoms with Gasteiger partial charge in [0.15, 0.2) is 5.65 Å².